The number of carbonyl (C=O) groups excluding carboxylic acids is 1. The number of hydrogen-bond acceptors (Lipinski definition) is 4. The summed E-state index contributed by atoms with van der Waals surface area (Å²) < 4.78 is 1.88. The van der Waals surface area contributed by atoms with Gasteiger partial charge in [-0.3, -0.25) is 4.79 Å². The van der Waals surface area contributed by atoms with Crippen LogP contribution in [0, 0.1) is 0 Å². The average molecular weight is 388 g/mol. The molecule has 6 heteroatoms. The fourth-order valence-corrected chi connectivity index (χ4v) is 3.68. The normalized spacial score (nSPS) is 11.1. The molecule has 4 rings (SSSR count). The van der Waals surface area contributed by atoms with Gasteiger partial charge in [-0.05, 0) is 30.5 Å². The highest BCUT2D eigenvalue weighted by atomic mass is 16.3. The Kier molecular flexibility index (Phi) is 5.44. The lowest BCUT2D eigenvalue weighted by Crippen LogP contribution is -2.34. The van der Waals surface area contributed by atoms with E-state index in [0.717, 1.165) is 27.5 Å². The number of hydrogen-bond donors (Lipinski definition) is 2. The van der Waals surface area contributed by atoms with Crippen molar-refractivity contribution < 1.29 is 9.90 Å². The molecular formula is C23H24N4O2. The molecule has 3 aromatic carbocycles. The van der Waals surface area contributed by atoms with Gasteiger partial charge in [0.25, 0.3) is 0 Å². The third-order valence-corrected chi connectivity index (χ3v) is 5.02. The van der Waals surface area contributed by atoms with Crippen molar-refractivity contribution >= 4 is 39.3 Å². The maximum Gasteiger partial charge on any atom is 0.247 e. The maximum atomic E-state index is 13.4. The lowest BCUT2D eigenvalue weighted by Gasteiger charge is -2.23. The van der Waals surface area contributed by atoms with E-state index in [1.54, 1.807) is 0 Å². The van der Waals surface area contributed by atoms with Gasteiger partial charge in [0.05, 0.1) is 23.3 Å². The number of aliphatic hydroxyl groups is 1. The van der Waals surface area contributed by atoms with E-state index in [1.165, 1.54) is 0 Å². The Balaban J connectivity index is 1.71. The molecule has 148 valence electrons. The number of aliphatic hydroxyl groups excluding tert-OH is 1. The lowest BCUT2D eigenvalue weighted by atomic mass is 10.1. The van der Waals surface area contributed by atoms with Gasteiger partial charge in [-0.2, -0.15) is 0 Å². The Hall–Kier alpha value is -3.38. The van der Waals surface area contributed by atoms with Crippen molar-refractivity contribution in [1.29, 1.82) is 0 Å². The zero-order chi connectivity index (χ0) is 20.2. The minimum absolute atomic E-state index is 0.00571. The molecule has 1 heterocycles. The molecule has 0 aliphatic rings. The molecule has 0 saturated heterocycles. The molecule has 0 atom stereocenters. The summed E-state index contributed by atoms with van der Waals surface area (Å²) in [6.45, 7) is 3.08. The van der Waals surface area contributed by atoms with E-state index in [0.29, 0.717) is 19.0 Å². The van der Waals surface area contributed by atoms with Crippen LogP contribution >= 0.6 is 0 Å². The van der Waals surface area contributed by atoms with Crippen molar-refractivity contribution in [2.45, 2.75) is 13.5 Å². The SMILES string of the molecule is CCN(C(=O)Cn1c(NCCO)nc2ccccc21)c1cccc2ccccc12. The molecule has 4 aromatic rings. The summed E-state index contributed by atoms with van der Waals surface area (Å²) in [5, 5.41) is 14.5. The van der Waals surface area contributed by atoms with Crippen LogP contribution in [-0.4, -0.2) is 40.3 Å². The number of rotatable bonds is 7. The molecule has 0 spiro atoms. The molecule has 0 aliphatic heterocycles. The quantitative estimate of drug-likeness (QED) is 0.507. The van der Waals surface area contributed by atoms with E-state index in [2.05, 4.69) is 22.4 Å². The van der Waals surface area contributed by atoms with Crippen LogP contribution in [0.3, 0.4) is 0 Å². The van der Waals surface area contributed by atoms with Crippen molar-refractivity contribution in [2.24, 2.45) is 0 Å². The molecule has 0 bridgehead atoms. The first-order valence-electron chi connectivity index (χ1n) is 9.81. The summed E-state index contributed by atoms with van der Waals surface area (Å²) in [6.07, 6.45) is 0. The van der Waals surface area contributed by atoms with Crippen molar-refractivity contribution in [1.82, 2.24) is 9.55 Å². The van der Waals surface area contributed by atoms with Gasteiger partial charge in [0.1, 0.15) is 6.54 Å². The number of fused-ring (bicyclic) bond motifs is 2. The van der Waals surface area contributed by atoms with E-state index >= 15 is 0 Å². The molecule has 0 saturated carbocycles. The monoisotopic (exact) mass is 388 g/mol. The predicted molar refractivity (Wildman–Crippen MR) is 117 cm³/mol. The Morgan fingerprint density at radius 3 is 2.66 bits per heavy atom. The highest BCUT2D eigenvalue weighted by Crippen LogP contribution is 2.27. The predicted octanol–water partition coefficient (Wildman–Crippen LogP) is 3.65. The summed E-state index contributed by atoms with van der Waals surface area (Å²) in [6, 6.07) is 21.8. The number of carbonyl (C=O) groups is 1. The fraction of sp³-hybridized carbons (Fsp3) is 0.217. The number of benzene rings is 3. The van der Waals surface area contributed by atoms with Crippen molar-refractivity contribution in [3.05, 3.63) is 66.7 Å². The number of likely N-dealkylation sites (N-methyl/N-ethyl adjacent to an activating group) is 1. The summed E-state index contributed by atoms with van der Waals surface area (Å²) in [5.41, 5.74) is 2.61. The molecule has 0 radical (unpaired) electrons. The Morgan fingerprint density at radius 1 is 1.07 bits per heavy atom. The topological polar surface area (TPSA) is 70.4 Å². The first-order chi connectivity index (χ1) is 14.2. The summed E-state index contributed by atoms with van der Waals surface area (Å²) in [5.74, 6) is 0.571. The fourth-order valence-electron chi connectivity index (χ4n) is 3.68. The molecule has 2 N–H and O–H groups in total. The maximum absolute atomic E-state index is 13.4. The van der Waals surface area contributed by atoms with Crippen LogP contribution < -0.4 is 10.2 Å². The number of aromatic nitrogens is 2. The van der Waals surface area contributed by atoms with Gasteiger partial charge in [0, 0.05) is 18.5 Å². The zero-order valence-corrected chi connectivity index (χ0v) is 16.4. The van der Waals surface area contributed by atoms with Crippen molar-refractivity contribution in [3.8, 4) is 0 Å². The third-order valence-electron chi connectivity index (χ3n) is 5.02. The summed E-state index contributed by atoms with van der Waals surface area (Å²) in [7, 11) is 0. The van der Waals surface area contributed by atoms with Gasteiger partial charge < -0.3 is 19.9 Å². The standard InChI is InChI=1S/C23H24N4O2/c1-2-26(20-13-7-9-17-8-3-4-10-18(17)20)22(29)16-27-21-12-6-5-11-19(21)25-23(27)24-14-15-28/h3-13,28H,2,14-16H2,1H3,(H,24,25). The van der Waals surface area contributed by atoms with Gasteiger partial charge in [0.2, 0.25) is 11.9 Å². The second-order valence-electron chi connectivity index (χ2n) is 6.80. The highest BCUT2D eigenvalue weighted by Gasteiger charge is 2.20. The van der Waals surface area contributed by atoms with Crippen LogP contribution in [0.5, 0.6) is 0 Å². The van der Waals surface area contributed by atoms with Crippen LogP contribution in [-0.2, 0) is 11.3 Å². The van der Waals surface area contributed by atoms with Gasteiger partial charge in [0.15, 0.2) is 0 Å². The van der Waals surface area contributed by atoms with Crippen LogP contribution in [0.2, 0.25) is 0 Å². The van der Waals surface area contributed by atoms with Gasteiger partial charge >= 0.3 is 0 Å². The number of nitrogens with zero attached hydrogens (tertiary/aromatic N) is 3. The molecule has 1 amide bonds. The molecule has 1 aromatic heterocycles. The second kappa shape index (κ2) is 8.32. The first kappa shape index (κ1) is 19.0. The summed E-state index contributed by atoms with van der Waals surface area (Å²) >= 11 is 0. The third kappa shape index (κ3) is 3.67. The van der Waals surface area contributed by atoms with Crippen LogP contribution in [0.25, 0.3) is 21.8 Å². The van der Waals surface area contributed by atoms with Crippen molar-refractivity contribution in [3.63, 3.8) is 0 Å². The molecule has 0 unspecified atom stereocenters. The molecule has 6 nitrogen and oxygen atoms in total. The number of amides is 1. The summed E-state index contributed by atoms with van der Waals surface area (Å²) in [4.78, 5) is 19.7. The Morgan fingerprint density at radius 2 is 1.83 bits per heavy atom. The highest BCUT2D eigenvalue weighted by molar-refractivity contribution is 6.04. The van der Waals surface area contributed by atoms with Crippen LogP contribution in [0.15, 0.2) is 66.7 Å². The Bertz CT molecular complexity index is 1150. The Labute approximate surface area is 169 Å². The van der Waals surface area contributed by atoms with Gasteiger partial charge in [-0.1, -0.05) is 48.5 Å². The van der Waals surface area contributed by atoms with Crippen LogP contribution in [0.1, 0.15) is 6.92 Å². The van der Waals surface area contributed by atoms with E-state index in [-0.39, 0.29) is 19.1 Å². The minimum Gasteiger partial charge on any atom is -0.395 e. The van der Waals surface area contributed by atoms with Gasteiger partial charge in [-0.15, -0.1) is 0 Å². The molecule has 0 fully saturated rings. The molecule has 29 heavy (non-hydrogen) atoms. The first-order valence-corrected chi connectivity index (χ1v) is 9.81. The van der Waals surface area contributed by atoms with E-state index < -0.39 is 0 Å². The number of nitrogens with one attached hydrogen (secondary N) is 1. The average Bonchev–Trinajstić information content (AvgIpc) is 3.10. The molecule has 0 aliphatic carbocycles. The smallest absolute Gasteiger partial charge is 0.247 e. The second-order valence-corrected chi connectivity index (χ2v) is 6.80. The van der Waals surface area contributed by atoms with E-state index in [4.69, 9.17) is 0 Å². The number of imidazole rings is 1. The minimum atomic E-state index is -0.0148. The number of para-hydroxylation sites is 2. The lowest BCUT2D eigenvalue weighted by molar-refractivity contribution is -0.119. The van der Waals surface area contributed by atoms with Gasteiger partial charge in [-0.25, -0.2) is 4.98 Å². The van der Waals surface area contributed by atoms with E-state index in [9.17, 15) is 9.90 Å². The van der Waals surface area contributed by atoms with Crippen molar-refractivity contribution in [2.75, 3.05) is 29.9 Å². The molecular weight excluding hydrogens is 364 g/mol. The largest absolute Gasteiger partial charge is 0.395 e. The number of anilines is 2. The van der Waals surface area contributed by atoms with E-state index in [1.807, 2.05) is 71.0 Å². The zero-order valence-electron chi connectivity index (χ0n) is 16.4. The van der Waals surface area contributed by atoms with Crippen LogP contribution in [0.4, 0.5) is 11.6 Å².